The van der Waals surface area contributed by atoms with Gasteiger partial charge in [0.05, 0.1) is 0 Å². The van der Waals surface area contributed by atoms with Crippen molar-refractivity contribution in [2.75, 3.05) is 18.1 Å². The number of aromatic nitrogens is 2. The highest BCUT2D eigenvalue weighted by molar-refractivity contribution is 7.98. The van der Waals surface area contributed by atoms with Gasteiger partial charge in [0.25, 0.3) is 0 Å². The highest BCUT2D eigenvalue weighted by atomic mass is 32.2. The maximum atomic E-state index is 13.1. The molecule has 0 amide bonds. The van der Waals surface area contributed by atoms with Gasteiger partial charge < -0.3 is 10.1 Å². The molecule has 1 heterocycles. The van der Waals surface area contributed by atoms with Gasteiger partial charge >= 0.3 is 0 Å². The average molecular weight is 279 g/mol. The van der Waals surface area contributed by atoms with Gasteiger partial charge in [0.2, 0.25) is 5.88 Å². The number of hydrogen-bond donors (Lipinski definition) is 1. The molecule has 1 aromatic carbocycles. The van der Waals surface area contributed by atoms with Crippen LogP contribution in [-0.4, -0.2) is 22.8 Å². The van der Waals surface area contributed by atoms with Gasteiger partial charge in [-0.15, -0.1) is 0 Å². The molecule has 0 bridgehead atoms. The minimum absolute atomic E-state index is 0.344. The van der Waals surface area contributed by atoms with Crippen LogP contribution in [-0.2, 0) is 0 Å². The van der Waals surface area contributed by atoms with E-state index in [4.69, 9.17) is 4.74 Å². The third-order valence-corrected chi connectivity index (χ3v) is 2.79. The van der Waals surface area contributed by atoms with Crippen LogP contribution in [0.5, 0.6) is 11.6 Å². The topological polar surface area (TPSA) is 47.0 Å². The number of hydrogen-bond acceptors (Lipinski definition) is 5. The number of anilines is 1. The molecule has 2 aromatic rings. The summed E-state index contributed by atoms with van der Waals surface area (Å²) < 4.78 is 18.6. The summed E-state index contributed by atoms with van der Waals surface area (Å²) in [5.74, 6) is 1.14. The highest BCUT2D eigenvalue weighted by Gasteiger charge is 2.06. The SMILES string of the molecule is CCNc1cc(Oc2cccc(F)c2)nc(SC)n1. The Hall–Kier alpha value is -1.82. The van der Waals surface area contributed by atoms with Crippen molar-refractivity contribution in [3.8, 4) is 11.6 Å². The second-order valence-corrected chi connectivity index (χ2v) is 4.44. The highest BCUT2D eigenvalue weighted by Crippen LogP contribution is 2.24. The van der Waals surface area contributed by atoms with Gasteiger partial charge in [0.1, 0.15) is 17.4 Å². The number of thioether (sulfide) groups is 1. The molecule has 0 spiro atoms. The molecule has 1 aromatic heterocycles. The van der Waals surface area contributed by atoms with Crippen LogP contribution >= 0.6 is 11.8 Å². The Bertz CT molecular complexity index is 565. The Kier molecular flexibility index (Phi) is 4.57. The first-order valence-corrected chi connectivity index (χ1v) is 7.04. The zero-order valence-corrected chi connectivity index (χ0v) is 11.5. The summed E-state index contributed by atoms with van der Waals surface area (Å²) in [5.41, 5.74) is 0. The second-order valence-electron chi connectivity index (χ2n) is 3.67. The summed E-state index contributed by atoms with van der Waals surface area (Å²) in [4.78, 5) is 8.51. The van der Waals surface area contributed by atoms with Gasteiger partial charge in [-0.25, -0.2) is 9.37 Å². The first-order chi connectivity index (χ1) is 9.21. The van der Waals surface area contributed by atoms with Crippen LogP contribution in [0.25, 0.3) is 0 Å². The molecule has 2 rings (SSSR count). The molecule has 100 valence electrons. The molecule has 0 aliphatic heterocycles. The van der Waals surface area contributed by atoms with Gasteiger partial charge in [0.15, 0.2) is 5.16 Å². The van der Waals surface area contributed by atoms with E-state index in [-0.39, 0.29) is 5.82 Å². The molecule has 0 saturated heterocycles. The Morgan fingerprint density at radius 1 is 1.32 bits per heavy atom. The zero-order chi connectivity index (χ0) is 13.7. The predicted molar refractivity (Wildman–Crippen MR) is 74.5 cm³/mol. The summed E-state index contributed by atoms with van der Waals surface area (Å²) in [6.45, 7) is 2.73. The Morgan fingerprint density at radius 3 is 2.84 bits per heavy atom. The van der Waals surface area contributed by atoms with E-state index in [1.54, 1.807) is 18.2 Å². The fourth-order valence-electron chi connectivity index (χ4n) is 1.47. The van der Waals surface area contributed by atoms with E-state index < -0.39 is 0 Å². The lowest BCUT2D eigenvalue weighted by atomic mass is 10.3. The van der Waals surface area contributed by atoms with Crippen LogP contribution in [0.2, 0.25) is 0 Å². The quantitative estimate of drug-likeness (QED) is 0.670. The third kappa shape index (κ3) is 3.82. The average Bonchev–Trinajstić information content (AvgIpc) is 2.39. The van der Waals surface area contributed by atoms with Crippen molar-refractivity contribution in [2.24, 2.45) is 0 Å². The number of nitrogens with zero attached hydrogens (tertiary/aromatic N) is 2. The molecular formula is C13H14FN3OS. The van der Waals surface area contributed by atoms with Gasteiger partial charge in [-0.3, -0.25) is 0 Å². The van der Waals surface area contributed by atoms with Gasteiger partial charge in [0, 0.05) is 18.7 Å². The minimum atomic E-state index is -0.344. The van der Waals surface area contributed by atoms with Crippen LogP contribution < -0.4 is 10.1 Å². The van der Waals surface area contributed by atoms with E-state index >= 15 is 0 Å². The number of rotatable bonds is 5. The van der Waals surface area contributed by atoms with Crippen molar-refractivity contribution in [1.29, 1.82) is 0 Å². The van der Waals surface area contributed by atoms with E-state index in [2.05, 4.69) is 15.3 Å². The van der Waals surface area contributed by atoms with Crippen LogP contribution in [0, 0.1) is 5.82 Å². The Morgan fingerprint density at radius 2 is 2.16 bits per heavy atom. The van der Waals surface area contributed by atoms with E-state index in [0.717, 1.165) is 6.54 Å². The number of benzene rings is 1. The largest absolute Gasteiger partial charge is 0.439 e. The summed E-state index contributed by atoms with van der Waals surface area (Å²) in [6.07, 6.45) is 1.89. The summed E-state index contributed by atoms with van der Waals surface area (Å²) in [7, 11) is 0. The molecule has 0 aliphatic rings. The van der Waals surface area contributed by atoms with Crippen LogP contribution in [0.3, 0.4) is 0 Å². The molecule has 0 radical (unpaired) electrons. The number of nitrogens with one attached hydrogen (secondary N) is 1. The molecular weight excluding hydrogens is 265 g/mol. The van der Waals surface area contributed by atoms with Crippen molar-refractivity contribution >= 4 is 17.6 Å². The van der Waals surface area contributed by atoms with Crippen molar-refractivity contribution in [1.82, 2.24) is 9.97 Å². The monoisotopic (exact) mass is 279 g/mol. The van der Waals surface area contributed by atoms with Crippen LogP contribution in [0.4, 0.5) is 10.2 Å². The molecule has 0 atom stereocenters. The summed E-state index contributed by atoms with van der Waals surface area (Å²) >= 11 is 1.42. The standard InChI is InChI=1S/C13H14FN3OS/c1-3-15-11-8-12(17-13(16-11)19-2)18-10-6-4-5-9(14)7-10/h4-8H,3H2,1-2H3,(H,15,16,17). The summed E-state index contributed by atoms with van der Waals surface area (Å²) in [5, 5.41) is 3.70. The Balaban J connectivity index is 2.26. The maximum Gasteiger partial charge on any atom is 0.225 e. The van der Waals surface area contributed by atoms with E-state index in [0.29, 0.717) is 22.6 Å². The fourth-order valence-corrected chi connectivity index (χ4v) is 1.84. The van der Waals surface area contributed by atoms with E-state index in [1.807, 2.05) is 13.2 Å². The lowest BCUT2D eigenvalue weighted by Gasteiger charge is -2.08. The van der Waals surface area contributed by atoms with Crippen molar-refractivity contribution in [3.05, 3.63) is 36.1 Å². The van der Waals surface area contributed by atoms with Gasteiger partial charge in [-0.05, 0) is 25.3 Å². The summed E-state index contributed by atoms with van der Waals surface area (Å²) in [6, 6.07) is 7.63. The molecule has 0 saturated carbocycles. The first kappa shape index (κ1) is 13.6. The van der Waals surface area contributed by atoms with Crippen molar-refractivity contribution < 1.29 is 9.13 Å². The van der Waals surface area contributed by atoms with Gasteiger partial charge in [-0.1, -0.05) is 17.8 Å². The lowest BCUT2D eigenvalue weighted by molar-refractivity contribution is 0.451. The predicted octanol–water partition coefficient (Wildman–Crippen LogP) is 3.56. The van der Waals surface area contributed by atoms with E-state index in [9.17, 15) is 4.39 Å². The third-order valence-electron chi connectivity index (χ3n) is 2.24. The first-order valence-electron chi connectivity index (χ1n) is 5.81. The van der Waals surface area contributed by atoms with Gasteiger partial charge in [-0.2, -0.15) is 4.98 Å². The molecule has 0 unspecified atom stereocenters. The van der Waals surface area contributed by atoms with Crippen LogP contribution in [0.1, 0.15) is 6.92 Å². The molecule has 4 nitrogen and oxygen atoms in total. The molecule has 0 aliphatic carbocycles. The van der Waals surface area contributed by atoms with Crippen molar-refractivity contribution in [3.63, 3.8) is 0 Å². The zero-order valence-electron chi connectivity index (χ0n) is 10.7. The van der Waals surface area contributed by atoms with E-state index in [1.165, 1.54) is 23.9 Å². The maximum absolute atomic E-state index is 13.1. The minimum Gasteiger partial charge on any atom is -0.439 e. The molecule has 1 N–H and O–H groups in total. The Labute approximate surface area is 115 Å². The number of halogens is 1. The molecule has 6 heteroatoms. The number of ether oxygens (including phenoxy) is 1. The normalized spacial score (nSPS) is 10.3. The van der Waals surface area contributed by atoms with Crippen LogP contribution in [0.15, 0.2) is 35.5 Å². The van der Waals surface area contributed by atoms with Crippen molar-refractivity contribution in [2.45, 2.75) is 12.1 Å². The molecule has 0 fully saturated rings. The lowest BCUT2D eigenvalue weighted by Crippen LogP contribution is -2.02. The smallest absolute Gasteiger partial charge is 0.225 e. The second kappa shape index (κ2) is 6.38. The molecule has 19 heavy (non-hydrogen) atoms. The fraction of sp³-hybridized carbons (Fsp3) is 0.231.